The van der Waals surface area contributed by atoms with Crippen LogP contribution in [0.15, 0.2) is 48.5 Å². The zero-order chi connectivity index (χ0) is 21.7. The van der Waals surface area contributed by atoms with Crippen LogP contribution >= 0.6 is 0 Å². The summed E-state index contributed by atoms with van der Waals surface area (Å²) in [6.45, 7) is 7.92. The van der Waals surface area contributed by atoms with Gasteiger partial charge in [-0.15, -0.1) is 0 Å². The third-order valence-corrected chi connectivity index (χ3v) is 4.81. The van der Waals surface area contributed by atoms with E-state index < -0.39 is 17.7 Å². The van der Waals surface area contributed by atoms with Crippen LogP contribution in [-0.2, 0) is 16.0 Å². The summed E-state index contributed by atoms with van der Waals surface area (Å²) in [6.07, 6.45) is 0.435. The maximum absolute atomic E-state index is 13.2. The van der Waals surface area contributed by atoms with Crippen molar-refractivity contribution >= 4 is 12.0 Å². The third kappa shape index (κ3) is 5.99. The van der Waals surface area contributed by atoms with Gasteiger partial charge in [-0.1, -0.05) is 48.0 Å². The van der Waals surface area contributed by atoms with E-state index in [0.29, 0.717) is 19.4 Å². The van der Waals surface area contributed by atoms with Crippen LogP contribution in [0.4, 0.5) is 4.79 Å². The summed E-state index contributed by atoms with van der Waals surface area (Å²) in [5.41, 5.74) is 2.38. The number of hydrogen-bond acceptors (Lipinski definition) is 4. The lowest BCUT2D eigenvalue weighted by Gasteiger charge is -2.29. The molecule has 0 saturated carbocycles. The molecule has 0 radical (unpaired) electrons. The van der Waals surface area contributed by atoms with Crippen LogP contribution in [0, 0.1) is 6.92 Å². The maximum atomic E-state index is 13.2. The fourth-order valence-electron chi connectivity index (χ4n) is 3.44. The smallest absolute Gasteiger partial charge is 0.408 e. The topological polar surface area (TPSA) is 76.7 Å². The molecule has 0 aliphatic carbocycles. The number of benzene rings is 2. The summed E-state index contributed by atoms with van der Waals surface area (Å²) in [6, 6.07) is 14.7. The van der Waals surface area contributed by atoms with Crippen molar-refractivity contribution in [1.82, 2.24) is 10.6 Å². The number of carbonyl (C=O) groups is 2. The third-order valence-electron chi connectivity index (χ3n) is 4.81. The molecule has 2 unspecified atom stereocenters. The Bertz CT molecular complexity index is 890. The summed E-state index contributed by atoms with van der Waals surface area (Å²) in [4.78, 5) is 25.6. The summed E-state index contributed by atoms with van der Waals surface area (Å²) < 4.78 is 11.1. The summed E-state index contributed by atoms with van der Waals surface area (Å²) in [5, 5.41) is 5.84. The normalized spacial score (nSPS) is 16.6. The lowest BCUT2D eigenvalue weighted by atomic mass is 9.97. The van der Waals surface area contributed by atoms with Crippen molar-refractivity contribution in [2.24, 2.45) is 0 Å². The van der Waals surface area contributed by atoms with Gasteiger partial charge < -0.3 is 20.1 Å². The largest absolute Gasteiger partial charge is 0.493 e. The highest BCUT2D eigenvalue weighted by molar-refractivity contribution is 5.86. The number of aryl methyl sites for hydroxylation is 1. The summed E-state index contributed by atoms with van der Waals surface area (Å²) >= 11 is 0. The second-order valence-electron chi connectivity index (χ2n) is 8.63. The maximum Gasteiger partial charge on any atom is 0.408 e. The first-order valence-corrected chi connectivity index (χ1v) is 10.3. The number of alkyl carbamates (subject to hydrolysis) is 1. The molecule has 1 aliphatic rings. The van der Waals surface area contributed by atoms with Crippen LogP contribution < -0.4 is 15.4 Å². The highest BCUT2D eigenvalue weighted by Gasteiger charge is 2.29. The number of rotatable bonds is 5. The lowest BCUT2D eigenvalue weighted by Crippen LogP contribution is -2.50. The molecule has 0 saturated heterocycles. The molecule has 2 aromatic carbocycles. The van der Waals surface area contributed by atoms with Crippen molar-refractivity contribution < 1.29 is 19.1 Å². The number of hydrogen-bond donors (Lipinski definition) is 2. The molecule has 1 heterocycles. The number of ether oxygens (including phenoxy) is 2. The Balaban J connectivity index is 1.76. The summed E-state index contributed by atoms with van der Waals surface area (Å²) in [5.74, 6) is 0.543. The number of amides is 2. The molecule has 2 N–H and O–H groups in total. The van der Waals surface area contributed by atoms with E-state index in [0.717, 1.165) is 22.4 Å². The lowest BCUT2D eigenvalue weighted by molar-refractivity contribution is -0.124. The van der Waals surface area contributed by atoms with Gasteiger partial charge in [-0.3, -0.25) is 4.79 Å². The van der Waals surface area contributed by atoms with Gasteiger partial charge in [0.25, 0.3) is 0 Å². The minimum absolute atomic E-state index is 0.167. The van der Waals surface area contributed by atoms with Crippen molar-refractivity contribution in [3.8, 4) is 5.75 Å². The van der Waals surface area contributed by atoms with Gasteiger partial charge in [0.05, 0.1) is 12.6 Å². The Kier molecular flexibility index (Phi) is 6.65. The number of fused-ring (bicyclic) bond motifs is 1. The van der Waals surface area contributed by atoms with Crippen LogP contribution in [0.2, 0.25) is 0 Å². The van der Waals surface area contributed by atoms with Gasteiger partial charge in [0.2, 0.25) is 5.91 Å². The molecule has 0 bridgehead atoms. The molecule has 1 aliphatic heterocycles. The van der Waals surface area contributed by atoms with E-state index in [1.807, 2.05) is 55.5 Å². The van der Waals surface area contributed by atoms with Gasteiger partial charge in [-0.2, -0.15) is 0 Å². The minimum Gasteiger partial charge on any atom is -0.493 e. The van der Waals surface area contributed by atoms with Crippen LogP contribution in [0.25, 0.3) is 0 Å². The van der Waals surface area contributed by atoms with Gasteiger partial charge in [-0.05, 0) is 39.3 Å². The van der Waals surface area contributed by atoms with Gasteiger partial charge in [0.15, 0.2) is 0 Å². The molecular formula is C24H30N2O4. The predicted molar refractivity (Wildman–Crippen MR) is 115 cm³/mol. The first kappa shape index (κ1) is 21.7. The zero-order valence-corrected chi connectivity index (χ0v) is 18.0. The molecule has 0 fully saturated rings. The Morgan fingerprint density at radius 2 is 1.90 bits per heavy atom. The Hall–Kier alpha value is -3.02. The predicted octanol–water partition coefficient (Wildman–Crippen LogP) is 4.07. The van der Waals surface area contributed by atoms with Gasteiger partial charge >= 0.3 is 6.09 Å². The van der Waals surface area contributed by atoms with E-state index in [-0.39, 0.29) is 11.9 Å². The SMILES string of the molecule is Cc1ccc2c(c1)C(NC(=O)C(Cc1ccccc1)NC(=O)OC(C)(C)C)CCO2. The highest BCUT2D eigenvalue weighted by Crippen LogP contribution is 2.32. The first-order valence-electron chi connectivity index (χ1n) is 10.3. The highest BCUT2D eigenvalue weighted by atomic mass is 16.6. The molecule has 0 aromatic heterocycles. The molecule has 0 spiro atoms. The number of carbonyl (C=O) groups excluding carboxylic acids is 2. The fraction of sp³-hybridized carbons (Fsp3) is 0.417. The minimum atomic E-state index is -0.752. The summed E-state index contributed by atoms with van der Waals surface area (Å²) in [7, 11) is 0. The second kappa shape index (κ2) is 9.20. The van der Waals surface area contributed by atoms with Crippen molar-refractivity contribution in [2.45, 2.75) is 58.2 Å². The monoisotopic (exact) mass is 410 g/mol. The average Bonchev–Trinajstić information content (AvgIpc) is 2.67. The van der Waals surface area contributed by atoms with Crippen molar-refractivity contribution in [3.63, 3.8) is 0 Å². The van der Waals surface area contributed by atoms with E-state index in [4.69, 9.17) is 9.47 Å². The van der Waals surface area contributed by atoms with Crippen LogP contribution in [0.3, 0.4) is 0 Å². The van der Waals surface area contributed by atoms with E-state index >= 15 is 0 Å². The molecule has 160 valence electrons. The van der Waals surface area contributed by atoms with E-state index in [2.05, 4.69) is 10.6 Å². The Morgan fingerprint density at radius 1 is 1.17 bits per heavy atom. The molecule has 6 heteroatoms. The molecule has 2 aromatic rings. The molecule has 2 amide bonds. The van der Waals surface area contributed by atoms with Gasteiger partial charge in [0, 0.05) is 18.4 Å². The standard InChI is InChI=1S/C24H30N2O4/c1-16-10-11-21-18(14-16)19(12-13-29-21)25-22(27)20(15-17-8-6-5-7-9-17)26-23(28)30-24(2,3)4/h5-11,14,19-20H,12-13,15H2,1-4H3,(H,25,27)(H,26,28). The van der Waals surface area contributed by atoms with Crippen LogP contribution in [0.5, 0.6) is 5.75 Å². The molecule has 30 heavy (non-hydrogen) atoms. The molecule has 6 nitrogen and oxygen atoms in total. The zero-order valence-electron chi connectivity index (χ0n) is 18.0. The van der Waals surface area contributed by atoms with Crippen LogP contribution in [-0.4, -0.2) is 30.3 Å². The van der Waals surface area contributed by atoms with Gasteiger partial charge in [0.1, 0.15) is 17.4 Å². The van der Waals surface area contributed by atoms with Gasteiger partial charge in [-0.25, -0.2) is 4.79 Å². The quantitative estimate of drug-likeness (QED) is 0.779. The molecule has 3 rings (SSSR count). The second-order valence-corrected chi connectivity index (χ2v) is 8.63. The Labute approximate surface area is 178 Å². The van der Waals surface area contributed by atoms with E-state index in [9.17, 15) is 9.59 Å². The average molecular weight is 411 g/mol. The Morgan fingerprint density at radius 3 is 2.60 bits per heavy atom. The number of nitrogens with one attached hydrogen (secondary N) is 2. The van der Waals surface area contributed by atoms with E-state index in [1.165, 1.54) is 0 Å². The molecular weight excluding hydrogens is 380 g/mol. The van der Waals surface area contributed by atoms with Crippen molar-refractivity contribution in [2.75, 3.05) is 6.61 Å². The van der Waals surface area contributed by atoms with Crippen molar-refractivity contribution in [1.29, 1.82) is 0 Å². The fourth-order valence-corrected chi connectivity index (χ4v) is 3.44. The van der Waals surface area contributed by atoms with Crippen LogP contribution in [0.1, 0.15) is 49.9 Å². The van der Waals surface area contributed by atoms with Crippen molar-refractivity contribution in [3.05, 3.63) is 65.2 Å². The molecule has 2 atom stereocenters. The van der Waals surface area contributed by atoms with E-state index in [1.54, 1.807) is 20.8 Å². The first-order chi connectivity index (χ1) is 14.2.